The van der Waals surface area contributed by atoms with Crippen LogP contribution in [0.3, 0.4) is 0 Å². The fourth-order valence-corrected chi connectivity index (χ4v) is 1.45. The minimum atomic E-state index is -0.259. The Morgan fingerprint density at radius 2 is 2.06 bits per heavy atom. The summed E-state index contributed by atoms with van der Waals surface area (Å²) in [4.78, 5) is 11.7. The Kier molecular flexibility index (Phi) is 3.93. The number of nitrogens with zero attached hydrogens (tertiary/aromatic N) is 2. The van der Waals surface area contributed by atoms with Crippen LogP contribution in [0.15, 0.2) is 6.20 Å². The molecule has 0 saturated carbocycles. The highest BCUT2D eigenvalue weighted by Crippen LogP contribution is 2.12. The third-order valence-electron chi connectivity index (χ3n) is 2.21. The first-order valence-electron chi connectivity index (χ1n) is 5.47. The molecule has 1 aromatic heterocycles. The van der Waals surface area contributed by atoms with Crippen molar-refractivity contribution in [2.24, 2.45) is 7.05 Å². The van der Waals surface area contributed by atoms with Crippen molar-refractivity contribution in [1.29, 1.82) is 0 Å². The Morgan fingerprint density at radius 3 is 2.50 bits per heavy atom. The number of carbonyl (C=O) groups is 1. The minimum Gasteiger partial charge on any atom is -0.371 e. The van der Waals surface area contributed by atoms with Crippen LogP contribution in [0.25, 0.3) is 0 Å². The summed E-state index contributed by atoms with van der Waals surface area (Å²) in [5.41, 5.74) is 1.79. The molecule has 1 heterocycles. The van der Waals surface area contributed by atoms with E-state index in [1.54, 1.807) is 4.68 Å². The van der Waals surface area contributed by atoms with Crippen LogP contribution in [0.2, 0.25) is 0 Å². The molecule has 90 valence electrons. The van der Waals surface area contributed by atoms with Gasteiger partial charge in [-0.3, -0.25) is 9.48 Å². The van der Waals surface area contributed by atoms with Crippen LogP contribution in [0, 0.1) is 6.92 Å². The van der Waals surface area contributed by atoms with Crippen molar-refractivity contribution in [3.05, 3.63) is 11.9 Å². The summed E-state index contributed by atoms with van der Waals surface area (Å²) in [7, 11) is 1.86. The SMILES string of the molecule is Cc1nn(C)cc1NC(C)C(=O)NC(C)C. The average molecular weight is 224 g/mol. The second-order valence-corrected chi connectivity index (χ2v) is 4.33. The third kappa shape index (κ3) is 3.25. The number of aromatic nitrogens is 2. The number of carbonyl (C=O) groups excluding carboxylic acids is 1. The smallest absolute Gasteiger partial charge is 0.242 e. The first-order chi connectivity index (χ1) is 7.40. The van der Waals surface area contributed by atoms with Gasteiger partial charge in [0.1, 0.15) is 6.04 Å². The maximum Gasteiger partial charge on any atom is 0.242 e. The minimum absolute atomic E-state index is 0.00162. The third-order valence-corrected chi connectivity index (χ3v) is 2.21. The van der Waals surface area contributed by atoms with Gasteiger partial charge in [0.25, 0.3) is 0 Å². The molecular formula is C11H20N4O. The monoisotopic (exact) mass is 224 g/mol. The van der Waals surface area contributed by atoms with Gasteiger partial charge in [0, 0.05) is 19.3 Å². The fraction of sp³-hybridized carbons (Fsp3) is 0.636. The topological polar surface area (TPSA) is 59.0 Å². The second kappa shape index (κ2) is 5.01. The highest BCUT2D eigenvalue weighted by Gasteiger charge is 2.15. The molecule has 0 fully saturated rings. The molecule has 0 radical (unpaired) electrons. The molecule has 0 saturated heterocycles. The number of anilines is 1. The summed E-state index contributed by atoms with van der Waals surface area (Å²) in [5, 5.41) is 10.2. The number of rotatable bonds is 4. The van der Waals surface area contributed by atoms with Crippen molar-refractivity contribution >= 4 is 11.6 Å². The van der Waals surface area contributed by atoms with E-state index in [1.807, 2.05) is 40.9 Å². The number of aryl methyl sites for hydroxylation is 2. The van der Waals surface area contributed by atoms with Gasteiger partial charge < -0.3 is 10.6 Å². The van der Waals surface area contributed by atoms with Crippen molar-refractivity contribution in [2.75, 3.05) is 5.32 Å². The number of hydrogen-bond acceptors (Lipinski definition) is 3. The van der Waals surface area contributed by atoms with E-state index in [0.29, 0.717) is 0 Å². The van der Waals surface area contributed by atoms with Crippen LogP contribution in [0.5, 0.6) is 0 Å². The molecule has 2 N–H and O–H groups in total. The molecule has 0 aliphatic rings. The number of hydrogen-bond donors (Lipinski definition) is 2. The van der Waals surface area contributed by atoms with E-state index in [9.17, 15) is 4.79 Å². The van der Waals surface area contributed by atoms with Crippen LogP contribution in [0.4, 0.5) is 5.69 Å². The first kappa shape index (κ1) is 12.5. The summed E-state index contributed by atoms with van der Waals surface area (Å²) in [6.45, 7) is 7.64. The van der Waals surface area contributed by atoms with Crippen molar-refractivity contribution in [1.82, 2.24) is 15.1 Å². The second-order valence-electron chi connectivity index (χ2n) is 4.33. The van der Waals surface area contributed by atoms with Crippen LogP contribution in [0.1, 0.15) is 26.5 Å². The molecule has 1 unspecified atom stereocenters. The highest BCUT2D eigenvalue weighted by molar-refractivity contribution is 5.84. The van der Waals surface area contributed by atoms with Gasteiger partial charge in [0.05, 0.1) is 11.4 Å². The van der Waals surface area contributed by atoms with Crippen LogP contribution >= 0.6 is 0 Å². The van der Waals surface area contributed by atoms with Gasteiger partial charge in [0.15, 0.2) is 0 Å². The molecule has 0 spiro atoms. The van der Waals surface area contributed by atoms with Crippen molar-refractivity contribution in [3.8, 4) is 0 Å². The van der Waals surface area contributed by atoms with Gasteiger partial charge in [0.2, 0.25) is 5.91 Å². The standard InChI is InChI=1S/C11H20N4O/c1-7(2)12-11(16)9(4)13-10-6-15(5)14-8(10)3/h6-7,9,13H,1-5H3,(H,12,16). The van der Waals surface area contributed by atoms with Gasteiger partial charge in [-0.1, -0.05) is 0 Å². The number of nitrogens with one attached hydrogen (secondary N) is 2. The number of amides is 1. The molecule has 5 heteroatoms. The summed E-state index contributed by atoms with van der Waals surface area (Å²) in [6, 6.07) is -0.1000. The summed E-state index contributed by atoms with van der Waals surface area (Å²) >= 11 is 0. The molecule has 1 atom stereocenters. The largest absolute Gasteiger partial charge is 0.371 e. The molecule has 5 nitrogen and oxygen atoms in total. The fourth-order valence-electron chi connectivity index (χ4n) is 1.45. The van der Waals surface area contributed by atoms with E-state index < -0.39 is 0 Å². The first-order valence-corrected chi connectivity index (χ1v) is 5.47. The lowest BCUT2D eigenvalue weighted by Crippen LogP contribution is -2.41. The quantitative estimate of drug-likeness (QED) is 0.803. The van der Waals surface area contributed by atoms with Crippen LogP contribution < -0.4 is 10.6 Å². The van der Waals surface area contributed by atoms with Gasteiger partial charge >= 0.3 is 0 Å². The molecule has 0 bridgehead atoms. The van der Waals surface area contributed by atoms with Gasteiger partial charge in [-0.25, -0.2) is 0 Å². The summed E-state index contributed by atoms with van der Waals surface area (Å²) in [6.07, 6.45) is 1.87. The lowest BCUT2D eigenvalue weighted by Gasteiger charge is -2.16. The van der Waals surface area contributed by atoms with Crippen molar-refractivity contribution in [2.45, 2.75) is 39.8 Å². The maximum absolute atomic E-state index is 11.7. The highest BCUT2D eigenvalue weighted by atomic mass is 16.2. The van der Waals surface area contributed by atoms with Gasteiger partial charge in [-0.15, -0.1) is 0 Å². The Morgan fingerprint density at radius 1 is 1.44 bits per heavy atom. The Hall–Kier alpha value is -1.52. The molecule has 0 aliphatic carbocycles. The zero-order chi connectivity index (χ0) is 12.3. The Labute approximate surface area is 96.2 Å². The van der Waals surface area contributed by atoms with E-state index >= 15 is 0 Å². The van der Waals surface area contributed by atoms with Crippen LogP contribution in [-0.2, 0) is 11.8 Å². The normalized spacial score (nSPS) is 12.6. The molecule has 1 aromatic rings. The predicted molar refractivity (Wildman–Crippen MR) is 64.3 cm³/mol. The molecule has 16 heavy (non-hydrogen) atoms. The lowest BCUT2D eigenvalue weighted by molar-refractivity contribution is -0.122. The Balaban J connectivity index is 2.60. The summed E-state index contributed by atoms with van der Waals surface area (Å²) in [5.74, 6) is -0.00162. The molecular weight excluding hydrogens is 204 g/mol. The van der Waals surface area contributed by atoms with Crippen molar-refractivity contribution in [3.63, 3.8) is 0 Å². The van der Waals surface area contributed by atoms with E-state index in [0.717, 1.165) is 11.4 Å². The van der Waals surface area contributed by atoms with Crippen LogP contribution in [-0.4, -0.2) is 27.8 Å². The molecule has 0 aliphatic heterocycles. The van der Waals surface area contributed by atoms with Gasteiger partial charge in [-0.05, 0) is 27.7 Å². The zero-order valence-electron chi connectivity index (χ0n) is 10.5. The van der Waals surface area contributed by atoms with E-state index in [1.165, 1.54) is 0 Å². The predicted octanol–water partition coefficient (Wildman–Crippen LogP) is 1.05. The summed E-state index contributed by atoms with van der Waals surface area (Å²) < 4.78 is 1.73. The van der Waals surface area contributed by atoms with Crippen molar-refractivity contribution < 1.29 is 4.79 Å². The molecule has 0 aromatic carbocycles. The molecule has 1 rings (SSSR count). The Bertz CT molecular complexity index is 370. The average Bonchev–Trinajstić information content (AvgIpc) is 2.43. The zero-order valence-corrected chi connectivity index (χ0v) is 10.5. The lowest BCUT2D eigenvalue weighted by atomic mass is 10.2. The van der Waals surface area contributed by atoms with Gasteiger partial charge in [-0.2, -0.15) is 5.10 Å². The van der Waals surface area contributed by atoms with E-state index in [2.05, 4.69) is 15.7 Å². The van der Waals surface area contributed by atoms with E-state index in [4.69, 9.17) is 0 Å². The maximum atomic E-state index is 11.7. The molecule has 1 amide bonds. The van der Waals surface area contributed by atoms with E-state index in [-0.39, 0.29) is 18.0 Å².